The minimum Gasteiger partial charge on any atom is -0.427 e. The van der Waals surface area contributed by atoms with Crippen LogP contribution in [0.2, 0.25) is 0 Å². The summed E-state index contributed by atoms with van der Waals surface area (Å²) in [7, 11) is 0. The van der Waals surface area contributed by atoms with Crippen molar-refractivity contribution in [2.75, 3.05) is 42.1 Å². The Balaban J connectivity index is 1.63. The van der Waals surface area contributed by atoms with Crippen LogP contribution in [0.25, 0.3) is 0 Å². The van der Waals surface area contributed by atoms with Crippen molar-refractivity contribution in [3.05, 3.63) is 46.6 Å². The monoisotopic (exact) mass is 452 g/mol. The molecule has 0 aliphatic carbocycles. The number of oxazole rings is 1. The van der Waals surface area contributed by atoms with E-state index in [1.807, 2.05) is 6.92 Å². The summed E-state index contributed by atoms with van der Waals surface area (Å²) >= 11 is 0. The number of hydrogen-bond donors (Lipinski definition) is 3. The molecule has 2 aromatic heterocycles. The first-order chi connectivity index (χ1) is 15.9. The highest BCUT2D eigenvalue weighted by molar-refractivity contribution is 5.58. The summed E-state index contributed by atoms with van der Waals surface area (Å²) in [5, 5.41) is 9.82. The lowest BCUT2D eigenvalue weighted by molar-refractivity contribution is 0.316. The van der Waals surface area contributed by atoms with Crippen LogP contribution in [0.15, 0.2) is 22.7 Å². The molecule has 0 radical (unpaired) electrons. The Labute approximate surface area is 196 Å². The second-order valence-corrected chi connectivity index (χ2v) is 8.09. The van der Waals surface area contributed by atoms with Crippen molar-refractivity contribution in [2.24, 2.45) is 0 Å². The number of likely N-dealkylation sites (N-methyl/N-ethyl adjacent to an activating group) is 1. The zero-order valence-electron chi connectivity index (χ0n) is 20.6. The lowest BCUT2D eigenvalue weighted by Crippen LogP contribution is -2.29. The summed E-state index contributed by atoms with van der Waals surface area (Å²) in [5.74, 6) is 2.39. The molecule has 0 fully saturated rings. The van der Waals surface area contributed by atoms with Gasteiger partial charge in [0.05, 0.1) is 12.7 Å². The van der Waals surface area contributed by atoms with Gasteiger partial charge >= 0.3 is 6.01 Å². The smallest absolute Gasteiger partial charge is 0.301 e. The summed E-state index contributed by atoms with van der Waals surface area (Å²) in [4.78, 5) is 20.1. The van der Waals surface area contributed by atoms with E-state index in [9.17, 15) is 0 Å². The van der Waals surface area contributed by atoms with E-state index in [1.165, 1.54) is 16.7 Å². The van der Waals surface area contributed by atoms with Gasteiger partial charge in [-0.3, -0.25) is 5.32 Å². The fourth-order valence-corrected chi connectivity index (χ4v) is 3.76. The van der Waals surface area contributed by atoms with Crippen LogP contribution in [0.1, 0.15) is 49.0 Å². The van der Waals surface area contributed by atoms with E-state index in [-0.39, 0.29) is 0 Å². The van der Waals surface area contributed by atoms with Crippen LogP contribution in [0, 0.1) is 20.8 Å². The molecule has 1 aromatic carbocycles. The molecule has 178 valence electrons. The van der Waals surface area contributed by atoms with Crippen molar-refractivity contribution in [3.8, 4) is 0 Å². The topological polar surface area (TPSA) is 104 Å². The molecule has 3 aromatic rings. The van der Waals surface area contributed by atoms with E-state index >= 15 is 0 Å². The maximum absolute atomic E-state index is 5.86. The zero-order chi connectivity index (χ0) is 23.8. The van der Waals surface area contributed by atoms with Crippen LogP contribution < -0.4 is 16.0 Å². The van der Waals surface area contributed by atoms with Gasteiger partial charge in [0.25, 0.3) is 0 Å². The van der Waals surface area contributed by atoms with Crippen molar-refractivity contribution in [1.82, 2.24) is 24.8 Å². The molecule has 0 spiro atoms. The Bertz CT molecular complexity index is 1020. The normalized spacial score (nSPS) is 11.1. The first-order valence-electron chi connectivity index (χ1n) is 11.7. The summed E-state index contributed by atoms with van der Waals surface area (Å²) in [6.45, 7) is 16.9. The quantitative estimate of drug-likeness (QED) is 0.367. The van der Waals surface area contributed by atoms with Crippen LogP contribution >= 0.6 is 0 Å². The largest absolute Gasteiger partial charge is 0.427 e. The number of hydrogen-bond acceptors (Lipinski definition) is 9. The molecule has 9 heteroatoms. The Hall–Kier alpha value is -3.20. The summed E-state index contributed by atoms with van der Waals surface area (Å²) < 4.78 is 5.86. The Kier molecular flexibility index (Phi) is 8.59. The molecule has 0 saturated heterocycles. The van der Waals surface area contributed by atoms with Gasteiger partial charge in [-0.25, -0.2) is 4.98 Å². The number of aryl methyl sites for hydroxylation is 4. The molecule has 3 rings (SSSR count). The molecule has 0 saturated carbocycles. The van der Waals surface area contributed by atoms with Gasteiger partial charge < -0.3 is 20.0 Å². The van der Waals surface area contributed by atoms with E-state index in [2.05, 4.69) is 87.5 Å². The Morgan fingerprint density at radius 2 is 1.61 bits per heavy atom. The average Bonchev–Trinajstić information content (AvgIpc) is 3.23. The van der Waals surface area contributed by atoms with Crippen molar-refractivity contribution < 1.29 is 4.42 Å². The van der Waals surface area contributed by atoms with Crippen LogP contribution in [0.4, 0.5) is 23.6 Å². The van der Waals surface area contributed by atoms with E-state index in [0.717, 1.165) is 37.6 Å². The van der Waals surface area contributed by atoms with Gasteiger partial charge in [0.2, 0.25) is 11.9 Å². The number of rotatable bonds is 12. The molecule has 9 nitrogen and oxygen atoms in total. The van der Waals surface area contributed by atoms with Crippen LogP contribution in [-0.2, 0) is 13.0 Å². The van der Waals surface area contributed by atoms with Crippen LogP contribution in [0.5, 0.6) is 0 Å². The van der Waals surface area contributed by atoms with Crippen molar-refractivity contribution in [1.29, 1.82) is 0 Å². The minimum absolute atomic E-state index is 0.353. The van der Waals surface area contributed by atoms with Gasteiger partial charge in [0, 0.05) is 25.2 Å². The van der Waals surface area contributed by atoms with E-state index in [0.29, 0.717) is 36.7 Å². The standard InChI is InChI=1S/C24H36N8O/c1-7-20-28-22(25-10-11-32(8-2)9-3)30-23(29-20)31-24-27-15-19(33-24)14-26-21-17(5)12-16(4)13-18(21)6/h12-13,15,26H,7-11,14H2,1-6H3,(H2,25,27,28,29,30,31). The van der Waals surface area contributed by atoms with E-state index in [4.69, 9.17) is 4.42 Å². The summed E-state index contributed by atoms with van der Waals surface area (Å²) in [6.07, 6.45) is 2.41. The molecule has 0 aliphatic rings. The number of aromatic nitrogens is 4. The zero-order valence-corrected chi connectivity index (χ0v) is 20.6. The van der Waals surface area contributed by atoms with Crippen LogP contribution in [0.3, 0.4) is 0 Å². The van der Waals surface area contributed by atoms with Crippen molar-refractivity contribution >= 4 is 23.6 Å². The summed E-state index contributed by atoms with van der Waals surface area (Å²) in [5.41, 5.74) is 4.80. The lowest BCUT2D eigenvalue weighted by atomic mass is 10.1. The fourth-order valence-electron chi connectivity index (χ4n) is 3.76. The van der Waals surface area contributed by atoms with Gasteiger partial charge in [-0.1, -0.05) is 38.5 Å². The highest BCUT2D eigenvalue weighted by atomic mass is 16.4. The van der Waals surface area contributed by atoms with Crippen molar-refractivity contribution in [3.63, 3.8) is 0 Å². The van der Waals surface area contributed by atoms with Gasteiger partial charge in [0.1, 0.15) is 11.6 Å². The molecule has 0 bridgehead atoms. The molecule has 2 heterocycles. The molecule has 0 aliphatic heterocycles. The number of anilines is 4. The summed E-state index contributed by atoms with van der Waals surface area (Å²) in [6, 6.07) is 4.69. The van der Waals surface area contributed by atoms with Gasteiger partial charge in [-0.05, 0) is 45.0 Å². The molecule has 33 heavy (non-hydrogen) atoms. The molecule has 0 atom stereocenters. The highest BCUT2D eigenvalue weighted by Crippen LogP contribution is 2.23. The second kappa shape index (κ2) is 11.6. The number of benzene rings is 1. The number of nitrogens with zero attached hydrogens (tertiary/aromatic N) is 5. The maximum atomic E-state index is 5.86. The molecule has 0 amide bonds. The molecule has 0 unspecified atom stereocenters. The first-order valence-corrected chi connectivity index (χ1v) is 11.7. The SMILES string of the molecule is CCc1nc(NCCN(CC)CC)nc(Nc2ncc(CNc3c(C)cc(C)cc3C)o2)n1. The van der Waals surface area contributed by atoms with Gasteiger partial charge in [-0.15, -0.1) is 0 Å². The highest BCUT2D eigenvalue weighted by Gasteiger charge is 2.11. The first kappa shape index (κ1) is 24.4. The van der Waals surface area contributed by atoms with E-state index < -0.39 is 0 Å². The number of nitrogens with one attached hydrogen (secondary N) is 3. The minimum atomic E-state index is 0.353. The van der Waals surface area contributed by atoms with Crippen LogP contribution in [-0.4, -0.2) is 51.0 Å². The predicted molar refractivity (Wildman–Crippen MR) is 133 cm³/mol. The third-order valence-corrected chi connectivity index (χ3v) is 5.49. The second-order valence-electron chi connectivity index (χ2n) is 8.09. The fraction of sp³-hybridized carbons (Fsp3) is 0.500. The van der Waals surface area contributed by atoms with Gasteiger partial charge in [-0.2, -0.15) is 15.0 Å². The van der Waals surface area contributed by atoms with E-state index in [1.54, 1.807) is 6.20 Å². The average molecular weight is 453 g/mol. The Morgan fingerprint density at radius 1 is 0.909 bits per heavy atom. The Morgan fingerprint density at radius 3 is 2.27 bits per heavy atom. The third kappa shape index (κ3) is 6.89. The van der Waals surface area contributed by atoms with Crippen molar-refractivity contribution in [2.45, 2.75) is 54.5 Å². The molecular weight excluding hydrogens is 416 g/mol. The lowest BCUT2D eigenvalue weighted by Gasteiger charge is -2.18. The third-order valence-electron chi connectivity index (χ3n) is 5.49. The predicted octanol–water partition coefficient (Wildman–Crippen LogP) is 4.46. The maximum Gasteiger partial charge on any atom is 0.301 e. The molecule has 3 N–H and O–H groups in total. The molecular formula is C24H36N8O. The van der Waals surface area contributed by atoms with Gasteiger partial charge in [0.15, 0.2) is 0 Å².